The highest BCUT2D eigenvalue weighted by Gasteiger charge is 2.27. The number of carbonyl (C=O) groups is 2. The summed E-state index contributed by atoms with van der Waals surface area (Å²) in [5, 5.41) is 7.59. The third-order valence-corrected chi connectivity index (χ3v) is 4.30. The Bertz CT molecular complexity index is 747. The molecule has 1 unspecified atom stereocenters. The molecule has 2 aromatic rings. The Balaban J connectivity index is 1.78. The van der Waals surface area contributed by atoms with E-state index in [9.17, 15) is 9.59 Å². The van der Waals surface area contributed by atoms with Crippen LogP contribution in [0, 0.1) is 5.92 Å². The second-order valence-corrected chi connectivity index (χ2v) is 6.17. The highest BCUT2D eigenvalue weighted by atomic mass is 35.5. The molecule has 0 bridgehead atoms. The molecule has 8 heteroatoms. The fraction of sp³-hybridized carbons (Fsp3) is 0.312. The largest absolute Gasteiger partial charge is 0.369 e. The molecule has 1 aliphatic rings. The lowest BCUT2D eigenvalue weighted by Gasteiger charge is -2.31. The van der Waals surface area contributed by atoms with Crippen molar-refractivity contribution in [2.75, 3.05) is 18.4 Å². The zero-order valence-corrected chi connectivity index (χ0v) is 13.7. The Hall–Kier alpha value is -2.54. The number of nitrogens with zero attached hydrogens (tertiary/aromatic N) is 3. The average Bonchev–Trinajstić information content (AvgIpc) is 3.11. The molecule has 0 saturated carbocycles. The van der Waals surface area contributed by atoms with Gasteiger partial charge in [0.15, 0.2) is 0 Å². The van der Waals surface area contributed by atoms with Crippen molar-refractivity contribution >= 4 is 29.2 Å². The highest BCUT2D eigenvalue weighted by Crippen LogP contribution is 2.25. The van der Waals surface area contributed by atoms with Gasteiger partial charge in [-0.2, -0.15) is 5.10 Å². The van der Waals surface area contributed by atoms with Gasteiger partial charge in [-0.3, -0.25) is 4.79 Å². The summed E-state index contributed by atoms with van der Waals surface area (Å²) in [5.41, 5.74) is 6.63. The number of halogens is 1. The van der Waals surface area contributed by atoms with Gasteiger partial charge in [-0.15, -0.1) is 0 Å². The quantitative estimate of drug-likeness (QED) is 0.891. The summed E-state index contributed by atoms with van der Waals surface area (Å²) < 4.78 is 1.63. The van der Waals surface area contributed by atoms with E-state index in [0.29, 0.717) is 29.5 Å². The first kappa shape index (κ1) is 16.3. The van der Waals surface area contributed by atoms with Crippen LogP contribution in [0.5, 0.6) is 0 Å². The van der Waals surface area contributed by atoms with Gasteiger partial charge < -0.3 is 16.0 Å². The fourth-order valence-electron chi connectivity index (χ4n) is 2.80. The number of primary amides is 1. The number of urea groups is 1. The Kier molecular flexibility index (Phi) is 4.71. The lowest BCUT2D eigenvalue weighted by Crippen LogP contribution is -2.45. The van der Waals surface area contributed by atoms with Crippen molar-refractivity contribution in [2.24, 2.45) is 11.7 Å². The molecular formula is C16H18ClN5O2. The summed E-state index contributed by atoms with van der Waals surface area (Å²) in [6.45, 7) is 0.937. The van der Waals surface area contributed by atoms with Crippen LogP contribution in [0.25, 0.3) is 5.69 Å². The summed E-state index contributed by atoms with van der Waals surface area (Å²) in [7, 11) is 0. The van der Waals surface area contributed by atoms with Crippen molar-refractivity contribution in [3.63, 3.8) is 0 Å². The Morgan fingerprint density at radius 1 is 1.38 bits per heavy atom. The van der Waals surface area contributed by atoms with Crippen LogP contribution in [0.4, 0.5) is 10.5 Å². The number of nitrogens with two attached hydrogens (primary N) is 1. The van der Waals surface area contributed by atoms with Crippen LogP contribution in [0.15, 0.2) is 36.7 Å². The maximum atomic E-state index is 12.5. The number of hydrogen-bond acceptors (Lipinski definition) is 3. The van der Waals surface area contributed by atoms with E-state index in [4.69, 9.17) is 17.3 Å². The third kappa shape index (κ3) is 3.51. The summed E-state index contributed by atoms with van der Waals surface area (Å²) in [6, 6.07) is 6.68. The first-order valence-electron chi connectivity index (χ1n) is 7.69. The second kappa shape index (κ2) is 6.92. The predicted octanol–water partition coefficient (Wildman–Crippen LogP) is 2.25. The standard InChI is InChI=1S/C16H18ClN5O2/c17-12-4-5-13(14(9-12)22-8-2-6-19-22)20-16(24)21-7-1-3-11(10-21)15(18)23/h2,4-6,8-9,11H,1,3,7,10H2,(H2,18,23)(H,20,24). The van der Waals surface area contributed by atoms with Crippen LogP contribution in [-0.4, -0.2) is 39.7 Å². The number of carbonyl (C=O) groups excluding carboxylic acids is 2. The zero-order chi connectivity index (χ0) is 17.1. The average molecular weight is 348 g/mol. The first-order chi connectivity index (χ1) is 11.5. The molecule has 3 N–H and O–H groups in total. The van der Waals surface area contributed by atoms with E-state index in [1.54, 1.807) is 46.2 Å². The van der Waals surface area contributed by atoms with Gasteiger partial charge in [0.1, 0.15) is 0 Å². The van der Waals surface area contributed by atoms with Gasteiger partial charge in [0.2, 0.25) is 5.91 Å². The van der Waals surface area contributed by atoms with Crippen LogP contribution in [0.3, 0.4) is 0 Å². The van der Waals surface area contributed by atoms with E-state index in [2.05, 4.69) is 10.4 Å². The fourth-order valence-corrected chi connectivity index (χ4v) is 2.97. The minimum Gasteiger partial charge on any atom is -0.369 e. The number of piperidine rings is 1. The van der Waals surface area contributed by atoms with Crippen LogP contribution in [0.2, 0.25) is 5.02 Å². The number of amides is 3. The monoisotopic (exact) mass is 347 g/mol. The topological polar surface area (TPSA) is 93.3 Å². The second-order valence-electron chi connectivity index (χ2n) is 5.73. The molecule has 24 heavy (non-hydrogen) atoms. The summed E-state index contributed by atoms with van der Waals surface area (Å²) in [4.78, 5) is 25.5. The van der Waals surface area contributed by atoms with E-state index in [-0.39, 0.29) is 17.9 Å². The van der Waals surface area contributed by atoms with Crippen LogP contribution in [0.1, 0.15) is 12.8 Å². The number of benzene rings is 1. The first-order valence-corrected chi connectivity index (χ1v) is 8.07. The van der Waals surface area contributed by atoms with E-state index < -0.39 is 0 Å². The molecule has 0 spiro atoms. The molecule has 1 aliphatic heterocycles. The van der Waals surface area contributed by atoms with Gasteiger partial charge in [0, 0.05) is 30.5 Å². The van der Waals surface area contributed by atoms with E-state index in [0.717, 1.165) is 12.8 Å². The van der Waals surface area contributed by atoms with Crippen molar-refractivity contribution in [2.45, 2.75) is 12.8 Å². The summed E-state index contributed by atoms with van der Waals surface area (Å²) in [5.74, 6) is -0.656. The van der Waals surface area contributed by atoms with E-state index in [1.165, 1.54) is 0 Å². The van der Waals surface area contributed by atoms with Crippen molar-refractivity contribution in [1.29, 1.82) is 0 Å². The molecule has 2 heterocycles. The highest BCUT2D eigenvalue weighted by molar-refractivity contribution is 6.30. The number of rotatable bonds is 3. The van der Waals surface area contributed by atoms with Gasteiger partial charge in [0.25, 0.3) is 0 Å². The summed E-state index contributed by atoms with van der Waals surface area (Å²) >= 11 is 6.06. The number of aromatic nitrogens is 2. The Morgan fingerprint density at radius 2 is 2.21 bits per heavy atom. The molecule has 7 nitrogen and oxygen atoms in total. The normalized spacial score (nSPS) is 17.5. The molecule has 3 rings (SSSR count). The molecule has 3 amide bonds. The number of nitrogens with one attached hydrogen (secondary N) is 1. The third-order valence-electron chi connectivity index (χ3n) is 4.06. The maximum Gasteiger partial charge on any atom is 0.321 e. The molecule has 1 fully saturated rings. The maximum absolute atomic E-state index is 12.5. The zero-order valence-electron chi connectivity index (χ0n) is 13.0. The molecule has 0 radical (unpaired) electrons. The Morgan fingerprint density at radius 3 is 2.92 bits per heavy atom. The van der Waals surface area contributed by atoms with Gasteiger partial charge >= 0.3 is 6.03 Å². The molecular weight excluding hydrogens is 330 g/mol. The molecule has 1 atom stereocenters. The molecule has 1 saturated heterocycles. The van der Waals surface area contributed by atoms with Crippen molar-refractivity contribution in [3.05, 3.63) is 41.7 Å². The summed E-state index contributed by atoms with van der Waals surface area (Å²) in [6.07, 6.45) is 4.90. The van der Waals surface area contributed by atoms with Gasteiger partial charge in [-0.1, -0.05) is 11.6 Å². The van der Waals surface area contributed by atoms with Crippen LogP contribution < -0.4 is 11.1 Å². The minimum absolute atomic E-state index is 0.267. The molecule has 1 aromatic carbocycles. The number of hydrogen-bond donors (Lipinski definition) is 2. The number of anilines is 1. The van der Waals surface area contributed by atoms with Crippen molar-refractivity contribution in [3.8, 4) is 5.69 Å². The van der Waals surface area contributed by atoms with E-state index >= 15 is 0 Å². The molecule has 0 aliphatic carbocycles. The lowest BCUT2D eigenvalue weighted by molar-refractivity contribution is -0.123. The predicted molar refractivity (Wildman–Crippen MR) is 91.1 cm³/mol. The molecule has 1 aromatic heterocycles. The van der Waals surface area contributed by atoms with Crippen molar-refractivity contribution < 1.29 is 9.59 Å². The lowest BCUT2D eigenvalue weighted by atomic mass is 9.98. The van der Waals surface area contributed by atoms with E-state index in [1.807, 2.05) is 0 Å². The van der Waals surface area contributed by atoms with Crippen LogP contribution in [-0.2, 0) is 4.79 Å². The van der Waals surface area contributed by atoms with Gasteiger partial charge in [-0.25, -0.2) is 9.48 Å². The minimum atomic E-state index is -0.365. The van der Waals surface area contributed by atoms with Crippen molar-refractivity contribution in [1.82, 2.24) is 14.7 Å². The molecule has 126 valence electrons. The number of likely N-dealkylation sites (tertiary alicyclic amines) is 1. The smallest absolute Gasteiger partial charge is 0.321 e. The van der Waals surface area contributed by atoms with Crippen LogP contribution >= 0.6 is 11.6 Å². The Labute approximate surface area is 144 Å². The van der Waals surface area contributed by atoms with Gasteiger partial charge in [-0.05, 0) is 37.1 Å². The SMILES string of the molecule is NC(=O)C1CCCN(C(=O)Nc2ccc(Cl)cc2-n2cccn2)C1. The van der Waals surface area contributed by atoms with Gasteiger partial charge in [0.05, 0.1) is 17.3 Å².